The quantitative estimate of drug-likeness (QED) is 0.748. The average molecular weight is 310 g/mol. The fourth-order valence-electron chi connectivity index (χ4n) is 1.27. The van der Waals surface area contributed by atoms with Gasteiger partial charge in [0.1, 0.15) is 17.3 Å². The van der Waals surface area contributed by atoms with E-state index in [1.807, 2.05) is 0 Å². The normalized spacial score (nSPS) is 11.3. The zero-order valence-corrected chi connectivity index (χ0v) is 11.5. The molecule has 0 unspecified atom stereocenters. The zero-order valence-electron chi connectivity index (χ0n) is 9.92. The highest BCUT2D eigenvalue weighted by atomic mass is 35.5. The molecule has 7 nitrogen and oxygen atoms in total. The second-order valence-corrected chi connectivity index (χ2v) is 5.41. The zero-order chi connectivity index (χ0) is 14.6. The number of carboxylic acid groups (broad SMARTS) is 1. The summed E-state index contributed by atoms with van der Waals surface area (Å²) in [6, 6.07) is 1.96. The molecule has 0 bridgehead atoms. The molecular formula is C10H12ClNO6S. The second kappa shape index (κ2) is 6.20. The summed E-state index contributed by atoms with van der Waals surface area (Å²) in [5.41, 5.74) is -0.371. The molecule has 3 N–H and O–H groups in total. The van der Waals surface area contributed by atoms with Crippen LogP contribution in [0.4, 0.5) is 0 Å². The molecule has 0 spiro atoms. The van der Waals surface area contributed by atoms with Gasteiger partial charge in [0.2, 0.25) is 10.0 Å². The standard InChI is InChI=1S/C10H12ClNO6S/c1-17-2-3-18-8-5-7(11)6(10(13)14)4-9(8)19(12,15)16/h4-5H,2-3H2,1H3,(H,13,14)(H2,12,15,16). The molecule has 0 aliphatic rings. The van der Waals surface area contributed by atoms with Crippen molar-refractivity contribution in [3.8, 4) is 5.75 Å². The maximum absolute atomic E-state index is 11.4. The molecule has 0 aromatic heterocycles. The average Bonchev–Trinajstić information content (AvgIpc) is 2.27. The second-order valence-electron chi connectivity index (χ2n) is 3.47. The summed E-state index contributed by atoms with van der Waals surface area (Å²) in [5, 5.41) is 13.7. The van der Waals surface area contributed by atoms with E-state index in [0.29, 0.717) is 0 Å². The van der Waals surface area contributed by atoms with Crippen LogP contribution in [-0.2, 0) is 14.8 Å². The Hall–Kier alpha value is -1.35. The molecule has 0 fully saturated rings. The van der Waals surface area contributed by atoms with Crippen molar-refractivity contribution in [1.29, 1.82) is 0 Å². The van der Waals surface area contributed by atoms with E-state index in [9.17, 15) is 13.2 Å². The highest BCUT2D eigenvalue weighted by molar-refractivity contribution is 7.89. The molecule has 0 amide bonds. The van der Waals surface area contributed by atoms with Crippen molar-refractivity contribution in [3.05, 3.63) is 22.7 Å². The molecule has 1 aromatic carbocycles. The lowest BCUT2D eigenvalue weighted by Crippen LogP contribution is -2.16. The summed E-state index contributed by atoms with van der Waals surface area (Å²) in [7, 11) is -2.68. The van der Waals surface area contributed by atoms with Gasteiger partial charge in [-0.2, -0.15) is 0 Å². The minimum atomic E-state index is -4.13. The van der Waals surface area contributed by atoms with Crippen molar-refractivity contribution in [3.63, 3.8) is 0 Å². The fourth-order valence-corrected chi connectivity index (χ4v) is 2.18. The molecule has 106 valence electrons. The van der Waals surface area contributed by atoms with Crippen LogP contribution in [-0.4, -0.2) is 39.8 Å². The van der Waals surface area contributed by atoms with Crippen LogP contribution in [0.1, 0.15) is 10.4 Å². The van der Waals surface area contributed by atoms with Gasteiger partial charge < -0.3 is 14.6 Å². The van der Waals surface area contributed by atoms with E-state index in [1.165, 1.54) is 7.11 Å². The summed E-state index contributed by atoms with van der Waals surface area (Å²) in [4.78, 5) is 10.5. The first kappa shape index (κ1) is 15.7. The predicted molar refractivity (Wildman–Crippen MR) is 67.2 cm³/mol. The monoisotopic (exact) mass is 309 g/mol. The van der Waals surface area contributed by atoms with Gasteiger partial charge in [-0.15, -0.1) is 0 Å². The van der Waals surface area contributed by atoms with Crippen molar-refractivity contribution >= 4 is 27.6 Å². The van der Waals surface area contributed by atoms with E-state index < -0.39 is 20.9 Å². The first-order valence-corrected chi connectivity index (χ1v) is 6.91. The van der Waals surface area contributed by atoms with Gasteiger partial charge in [0, 0.05) is 13.2 Å². The van der Waals surface area contributed by atoms with E-state index in [1.54, 1.807) is 0 Å². The molecule has 0 saturated heterocycles. The van der Waals surface area contributed by atoms with Crippen molar-refractivity contribution < 1.29 is 27.8 Å². The largest absolute Gasteiger partial charge is 0.490 e. The Balaban J connectivity index is 3.29. The molecule has 19 heavy (non-hydrogen) atoms. The van der Waals surface area contributed by atoms with Crippen LogP contribution in [0, 0.1) is 0 Å². The lowest BCUT2D eigenvalue weighted by Gasteiger charge is -2.11. The van der Waals surface area contributed by atoms with E-state index in [0.717, 1.165) is 12.1 Å². The molecule has 0 atom stereocenters. The van der Waals surface area contributed by atoms with Crippen molar-refractivity contribution in [1.82, 2.24) is 0 Å². The van der Waals surface area contributed by atoms with E-state index >= 15 is 0 Å². The van der Waals surface area contributed by atoms with Crippen LogP contribution in [0.15, 0.2) is 17.0 Å². The van der Waals surface area contributed by atoms with Gasteiger partial charge in [0.15, 0.2) is 0 Å². The Morgan fingerprint density at radius 3 is 2.53 bits per heavy atom. The van der Waals surface area contributed by atoms with Gasteiger partial charge in [0.05, 0.1) is 17.2 Å². The Labute approximate surface area is 114 Å². The molecule has 9 heteroatoms. The number of primary sulfonamides is 1. The van der Waals surface area contributed by atoms with Crippen LogP contribution in [0.25, 0.3) is 0 Å². The topological polar surface area (TPSA) is 116 Å². The van der Waals surface area contributed by atoms with Crippen molar-refractivity contribution in [2.24, 2.45) is 5.14 Å². The number of carbonyl (C=O) groups is 1. The highest BCUT2D eigenvalue weighted by Crippen LogP contribution is 2.30. The molecule has 1 aromatic rings. The number of aromatic carboxylic acids is 1. The van der Waals surface area contributed by atoms with Gasteiger partial charge in [0.25, 0.3) is 0 Å². The summed E-state index contributed by atoms with van der Waals surface area (Å²) in [6.07, 6.45) is 0. The van der Waals surface area contributed by atoms with Crippen LogP contribution >= 0.6 is 11.6 Å². The van der Waals surface area contributed by atoms with E-state index in [4.69, 9.17) is 31.3 Å². The molecule has 0 aliphatic carbocycles. The first-order chi connectivity index (χ1) is 8.77. The van der Waals surface area contributed by atoms with E-state index in [-0.39, 0.29) is 29.5 Å². The van der Waals surface area contributed by atoms with Crippen LogP contribution in [0.2, 0.25) is 5.02 Å². The van der Waals surface area contributed by atoms with Gasteiger partial charge >= 0.3 is 5.97 Å². The van der Waals surface area contributed by atoms with Crippen molar-refractivity contribution in [2.75, 3.05) is 20.3 Å². The molecule has 0 saturated carbocycles. The summed E-state index contributed by atoms with van der Waals surface area (Å²) in [5.74, 6) is -1.48. The van der Waals surface area contributed by atoms with Crippen LogP contribution in [0.3, 0.4) is 0 Å². The summed E-state index contributed by atoms with van der Waals surface area (Å²) < 4.78 is 32.7. The Morgan fingerprint density at radius 1 is 1.42 bits per heavy atom. The predicted octanol–water partition coefficient (Wildman–Crippen LogP) is 0.711. The Kier molecular flexibility index (Phi) is 5.12. The number of rotatable bonds is 6. The van der Waals surface area contributed by atoms with Gasteiger partial charge in [-0.05, 0) is 6.07 Å². The number of carboxylic acids is 1. The number of halogens is 1. The van der Waals surface area contributed by atoms with Gasteiger partial charge in [-0.25, -0.2) is 18.4 Å². The Morgan fingerprint density at radius 2 is 2.05 bits per heavy atom. The number of methoxy groups -OCH3 is 1. The molecular weight excluding hydrogens is 298 g/mol. The maximum atomic E-state index is 11.4. The number of ether oxygens (including phenoxy) is 2. The number of benzene rings is 1. The van der Waals surface area contributed by atoms with Gasteiger partial charge in [-0.1, -0.05) is 11.6 Å². The SMILES string of the molecule is COCCOc1cc(Cl)c(C(=O)O)cc1S(N)(=O)=O. The first-order valence-electron chi connectivity index (χ1n) is 4.98. The lowest BCUT2D eigenvalue weighted by molar-refractivity contribution is 0.0696. The molecule has 1 rings (SSSR count). The van der Waals surface area contributed by atoms with Crippen LogP contribution < -0.4 is 9.88 Å². The Bertz CT molecular complexity index is 586. The third-order valence-electron chi connectivity index (χ3n) is 2.12. The molecule has 0 heterocycles. The third-order valence-corrected chi connectivity index (χ3v) is 3.36. The number of hydrogen-bond donors (Lipinski definition) is 2. The number of nitrogens with two attached hydrogens (primary N) is 1. The number of hydrogen-bond acceptors (Lipinski definition) is 5. The van der Waals surface area contributed by atoms with E-state index in [2.05, 4.69) is 0 Å². The fraction of sp³-hybridized carbons (Fsp3) is 0.300. The maximum Gasteiger partial charge on any atom is 0.337 e. The molecule has 0 aliphatic heterocycles. The highest BCUT2D eigenvalue weighted by Gasteiger charge is 2.21. The van der Waals surface area contributed by atoms with Crippen molar-refractivity contribution in [2.45, 2.75) is 4.90 Å². The minimum absolute atomic E-state index is 0.0712. The minimum Gasteiger partial charge on any atom is -0.490 e. The van der Waals surface area contributed by atoms with Gasteiger partial charge in [-0.3, -0.25) is 0 Å². The lowest BCUT2D eigenvalue weighted by atomic mass is 10.2. The smallest absolute Gasteiger partial charge is 0.337 e. The van der Waals surface area contributed by atoms with Crippen LogP contribution in [0.5, 0.6) is 5.75 Å². The number of sulfonamides is 1. The molecule has 0 radical (unpaired) electrons. The summed E-state index contributed by atoms with van der Waals surface area (Å²) in [6.45, 7) is 0.296. The summed E-state index contributed by atoms with van der Waals surface area (Å²) >= 11 is 5.73. The third kappa shape index (κ3) is 4.06.